The SMILES string of the molecule is COC(=O)c1ccc(-c2ccccc2C(F)(F)F)cc1. The van der Waals surface area contributed by atoms with Crippen molar-refractivity contribution in [1.29, 1.82) is 0 Å². The van der Waals surface area contributed by atoms with Crippen LogP contribution in [0.5, 0.6) is 0 Å². The molecule has 5 heteroatoms. The number of alkyl halides is 3. The molecule has 0 aliphatic carbocycles. The standard InChI is InChI=1S/C15H11F3O2/c1-20-14(19)11-8-6-10(7-9-11)12-4-2-3-5-13(12)15(16,17)18/h2-9H,1H3. The molecule has 0 atom stereocenters. The molecule has 104 valence electrons. The molecule has 0 aliphatic heterocycles. The molecule has 0 unspecified atom stereocenters. The van der Waals surface area contributed by atoms with Crippen LogP contribution in [0.4, 0.5) is 13.2 Å². The Morgan fingerprint density at radius 3 is 2.15 bits per heavy atom. The minimum atomic E-state index is -4.42. The normalized spacial score (nSPS) is 11.2. The molecule has 0 fully saturated rings. The van der Waals surface area contributed by atoms with E-state index in [2.05, 4.69) is 4.74 Å². The fraction of sp³-hybridized carbons (Fsp3) is 0.133. The van der Waals surface area contributed by atoms with E-state index in [9.17, 15) is 18.0 Å². The maximum Gasteiger partial charge on any atom is 0.417 e. The van der Waals surface area contributed by atoms with E-state index in [4.69, 9.17) is 0 Å². The number of carbonyl (C=O) groups is 1. The van der Waals surface area contributed by atoms with Gasteiger partial charge in [-0.2, -0.15) is 13.2 Å². The molecule has 0 radical (unpaired) electrons. The van der Waals surface area contributed by atoms with E-state index in [-0.39, 0.29) is 5.56 Å². The van der Waals surface area contributed by atoms with Crippen molar-refractivity contribution < 1.29 is 22.7 Å². The fourth-order valence-electron chi connectivity index (χ4n) is 1.89. The molecule has 0 aliphatic rings. The van der Waals surface area contributed by atoms with Crippen LogP contribution in [0.15, 0.2) is 48.5 Å². The van der Waals surface area contributed by atoms with Crippen molar-refractivity contribution in [2.24, 2.45) is 0 Å². The van der Waals surface area contributed by atoms with E-state index in [1.54, 1.807) is 6.07 Å². The maximum absolute atomic E-state index is 12.9. The van der Waals surface area contributed by atoms with Crippen molar-refractivity contribution in [2.75, 3.05) is 7.11 Å². The van der Waals surface area contributed by atoms with Gasteiger partial charge in [-0.3, -0.25) is 0 Å². The molecular formula is C15H11F3O2. The van der Waals surface area contributed by atoms with Gasteiger partial charge in [0.15, 0.2) is 0 Å². The Morgan fingerprint density at radius 1 is 1.00 bits per heavy atom. The number of benzene rings is 2. The van der Waals surface area contributed by atoms with Crippen LogP contribution in [0, 0.1) is 0 Å². The van der Waals surface area contributed by atoms with Crippen molar-refractivity contribution in [3.63, 3.8) is 0 Å². The quantitative estimate of drug-likeness (QED) is 0.772. The second-order valence-electron chi connectivity index (χ2n) is 4.11. The lowest BCUT2D eigenvalue weighted by Gasteiger charge is -2.12. The summed E-state index contributed by atoms with van der Waals surface area (Å²) in [6.45, 7) is 0. The van der Waals surface area contributed by atoms with Crippen molar-refractivity contribution in [3.8, 4) is 11.1 Å². The van der Waals surface area contributed by atoms with Crippen LogP contribution in [0.25, 0.3) is 11.1 Å². The predicted molar refractivity (Wildman–Crippen MR) is 68.2 cm³/mol. The van der Waals surface area contributed by atoms with Gasteiger partial charge in [0.25, 0.3) is 0 Å². The second kappa shape index (κ2) is 5.36. The van der Waals surface area contributed by atoms with Crippen molar-refractivity contribution in [1.82, 2.24) is 0 Å². The third-order valence-corrected chi connectivity index (χ3v) is 2.85. The zero-order chi connectivity index (χ0) is 14.8. The monoisotopic (exact) mass is 280 g/mol. The van der Waals surface area contributed by atoms with Crippen LogP contribution in [0.3, 0.4) is 0 Å². The molecule has 0 N–H and O–H groups in total. The van der Waals surface area contributed by atoms with Crippen LogP contribution >= 0.6 is 0 Å². The molecule has 0 saturated carbocycles. The molecule has 2 aromatic carbocycles. The molecule has 2 aromatic rings. The van der Waals surface area contributed by atoms with E-state index in [1.807, 2.05) is 0 Å². The van der Waals surface area contributed by atoms with Gasteiger partial charge in [-0.1, -0.05) is 30.3 Å². The smallest absolute Gasteiger partial charge is 0.417 e. The number of carbonyl (C=O) groups excluding carboxylic acids is 1. The summed E-state index contributed by atoms with van der Waals surface area (Å²) >= 11 is 0. The molecule has 0 spiro atoms. The van der Waals surface area contributed by atoms with E-state index in [1.165, 1.54) is 43.5 Å². The van der Waals surface area contributed by atoms with Gasteiger partial charge in [-0.15, -0.1) is 0 Å². The minimum absolute atomic E-state index is 0.0800. The van der Waals surface area contributed by atoms with Crippen LogP contribution in [0.1, 0.15) is 15.9 Å². The minimum Gasteiger partial charge on any atom is -0.465 e. The summed E-state index contributed by atoms with van der Waals surface area (Å²) in [5.74, 6) is -0.527. The Bertz CT molecular complexity index is 616. The largest absolute Gasteiger partial charge is 0.465 e. The zero-order valence-electron chi connectivity index (χ0n) is 10.6. The first-order chi connectivity index (χ1) is 9.43. The van der Waals surface area contributed by atoms with E-state index < -0.39 is 17.7 Å². The van der Waals surface area contributed by atoms with Gasteiger partial charge in [-0.05, 0) is 29.3 Å². The fourth-order valence-corrected chi connectivity index (χ4v) is 1.89. The summed E-state index contributed by atoms with van der Waals surface area (Å²) in [4.78, 5) is 11.3. The van der Waals surface area contributed by atoms with E-state index in [0.717, 1.165) is 6.07 Å². The molecule has 2 rings (SSSR count). The van der Waals surface area contributed by atoms with Crippen molar-refractivity contribution in [2.45, 2.75) is 6.18 Å². The highest BCUT2D eigenvalue weighted by atomic mass is 19.4. The first-order valence-corrected chi connectivity index (χ1v) is 5.78. The van der Waals surface area contributed by atoms with Crippen LogP contribution in [0.2, 0.25) is 0 Å². The number of halogens is 3. The number of hydrogen-bond acceptors (Lipinski definition) is 2. The lowest BCUT2D eigenvalue weighted by atomic mass is 9.98. The van der Waals surface area contributed by atoms with Gasteiger partial charge in [0.05, 0.1) is 18.2 Å². The number of hydrogen-bond donors (Lipinski definition) is 0. The van der Waals surface area contributed by atoms with Gasteiger partial charge >= 0.3 is 12.1 Å². The van der Waals surface area contributed by atoms with Crippen LogP contribution in [-0.2, 0) is 10.9 Å². The summed E-state index contributed by atoms with van der Waals surface area (Å²) in [5, 5.41) is 0. The van der Waals surface area contributed by atoms with Gasteiger partial charge in [0.2, 0.25) is 0 Å². The molecule has 0 amide bonds. The van der Waals surface area contributed by atoms with Gasteiger partial charge < -0.3 is 4.74 Å². The summed E-state index contributed by atoms with van der Waals surface area (Å²) in [6.07, 6.45) is -4.42. The van der Waals surface area contributed by atoms with Crippen molar-refractivity contribution >= 4 is 5.97 Å². The second-order valence-corrected chi connectivity index (χ2v) is 4.11. The third kappa shape index (κ3) is 2.82. The maximum atomic E-state index is 12.9. The first kappa shape index (κ1) is 14.1. The summed E-state index contributed by atoms with van der Waals surface area (Å²) < 4.78 is 43.3. The Labute approximate surface area is 113 Å². The first-order valence-electron chi connectivity index (χ1n) is 5.78. The highest BCUT2D eigenvalue weighted by Gasteiger charge is 2.33. The van der Waals surface area contributed by atoms with Gasteiger partial charge in [0.1, 0.15) is 0 Å². The molecule has 20 heavy (non-hydrogen) atoms. The number of rotatable bonds is 2. The Morgan fingerprint density at radius 2 is 1.60 bits per heavy atom. The zero-order valence-corrected chi connectivity index (χ0v) is 10.6. The van der Waals surface area contributed by atoms with Crippen molar-refractivity contribution in [3.05, 3.63) is 59.7 Å². The topological polar surface area (TPSA) is 26.3 Å². The lowest BCUT2D eigenvalue weighted by molar-refractivity contribution is -0.137. The third-order valence-electron chi connectivity index (χ3n) is 2.85. The predicted octanol–water partition coefficient (Wildman–Crippen LogP) is 4.16. The average Bonchev–Trinajstić information content (AvgIpc) is 2.46. The highest BCUT2D eigenvalue weighted by Crippen LogP contribution is 2.36. The Hall–Kier alpha value is -2.30. The summed E-state index contributed by atoms with van der Waals surface area (Å²) in [6, 6.07) is 11.1. The Kier molecular flexibility index (Phi) is 3.79. The van der Waals surface area contributed by atoms with Crippen LogP contribution in [-0.4, -0.2) is 13.1 Å². The van der Waals surface area contributed by atoms with Gasteiger partial charge in [0, 0.05) is 0 Å². The molecule has 0 saturated heterocycles. The summed E-state index contributed by atoms with van der Waals surface area (Å²) in [5.41, 5.74) is 0.0635. The molecule has 0 aromatic heterocycles. The number of methoxy groups -OCH3 is 1. The number of ether oxygens (including phenoxy) is 1. The summed E-state index contributed by atoms with van der Waals surface area (Å²) in [7, 11) is 1.25. The molecule has 0 bridgehead atoms. The molecular weight excluding hydrogens is 269 g/mol. The van der Waals surface area contributed by atoms with E-state index >= 15 is 0 Å². The van der Waals surface area contributed by atoms with Crippen LogP contribution < -0.4 is 0 Å². The Balaban J connectivity index is 2.45. The molecule has 2 nitrogen and oxygen atoms in total. The average molecular weight is 280 g/mol. The highest BCUT2D eigenvalue weighted by molar-refractivity contribution is 5.90. The molecule has 0 heterocycles. The number of esters is 1. The lowest BCUT2D eigenvalue weighted by Crippen LogP contribution is -2.07. The van der Waals surface area contributed by atoms with Gasteiger partial charge in [-0.25, -0.2) is 4.79 Å². The van der Waals surface area contributed by atoms with E-state index in [0.29, 0.717) is 11.1 Å².